The highest BCUT2D eigenvalue weighted by atomic mass is 32.1. The molecular weight excluding hydrogens is 1040 g/mol. The van der Waals surface area contributed by atoms with E-state index in [0.29, 0.717) is 0 Å². The highest BCUT2D eigenvalue weighted by Gasteiger charge is 2.38. The third-order valence-electron chi connectivity index (χ3n) is 17.6. The van der Waals surface area contributed by atoms with E-state index in [1.54, 1.807) is 0 Å². The van der Waals surface area contributed by atoms with Crippen molar-refractivity contribution in [3.63, 3.8) is 0 Å². The van der Waals surface area contributed by atoms with E-state index in [1.807, 2.05) is 11.3 Å². The van der Waals surface area contributed by atoms with E-state index in [-0.39, 0.29) is 0 Å². The van der Waals surface area contributed by atoms with Gasteiger partial charge in [0.25, 0.3) is 0 Å². The summed E-state index contributed by atoms with van der Waals surface area (Å²) < 4.78 is 10.1. The molecule has 0 unspecified atom stereocenters. The number of hydrogen-bond acceptors (Lipinski definition) is 4. The average Bonchev–Trinajstić information content (AvgIpc) is 2.20. The van der Waals surface area contributed by atoms with Gasteiger partial charge >= 0.3 is 0 Å². The lowest BCUT2D eigenvalue weighted by Crippen LogP contribution is -2.26. The van der Waals surface area contributed by atoms with Crippen LogP contribution in [0.1, 0.15) is 33.4 Å². The SMILES string of the molecule is Cc1ccc2c(c1)c1cc(C)ccc1n2-c1nc(N2c3ccccc3N(c3ccccc3)c3ccccc32)c(-n2c3ccc(C)cc3c3cc(C)ccc32)c(-c2ccc3sc4ccccc4c3c2)c1-n1c2ccc(C)cc2c2cc(C)ccc21. The highest BCUT2D eigenvalue weighted by molar-refractivity contribution is 7.25. The standard InChI is InChI=1S/C77H56N6S/c1-45-24-31-61-54(38-45)55-39-46(2)25-32-62(55)80(61)74-73(51-30-37-72-60(44-51)53-18-10-15-23-71(53)84-72)75(81-63-33-26-47(3)40-56(63)57-41-48(4)27-34-64(57)81)77(78-76(74)82-65-35-28-49(5)42-58(65)59-43-50(6)29-36-66(59)82)83-69-21-13-11-19-67(69)79(52-16-8-7-9-17-52)68-20-12-14-22-70(68)83/h7-44H,1-6H3. The summed E-state index contributed by atoms with van der Waals surface area (Å²) in [6.07, 6.45) is 0. The normalized spacial score (nSPS) is 12.6. The molecule has 84 heavy (non-hydrogen) atoms. The van der Waals surface area contributed by atoms with Gasteiger partial charge in [-0.25, -0.2) is 4.98 Å². The predicted octanol–water partition coefficient (Wildman–Crippen LogP) is 21.5. The first-order valence-corrected chi connectivity index (χ1v) is 29.8. The Labute approximate surface area is 490 Å². The zero-order chi connectivity index (χ0) is 56.2. The number of benzene rings is 11. The van der Waals surface area contributed by atoms with E-state index in [1.165, 1.54) is 85.9 Å². The molecule has 11 aromatic carbocycles. The largest absolute Gasteiger partial charge is 0.306 e. The Morgan fingerprint density at radius 2 is 0.655 bits per heavy atom. The van der Waals surface area contributed by atoms with Crippen molar-refractivity contribution in [1.29, 1.82) is 0 Å². The minimum Gasteiger partial charge on any atom is -0.306 e. The second-order valence-electron chi connectivity index (χ2n) is 23.3. The third-order valence-corrected chi connectivity index (χ3v) is 18.8. The van der Waals surface area contributed by atoms with E-state index in [9.17, 15) is 0 Å². The number of fused-ring (bicyclic) bond motifs is 14. The highest BCUT2D eigenvalue weighted by Crippen LogP contribution is 2.58. The molecule has 0 radical (unpaired) electrons. The number of aromatic nitrogens is 4. The predicted molar refractivity (Wildman–Crippen MR) is 357 cm³/mol. The Kier molecular flexibility index (Phi) is 10.5. The molecule has 0 saturated carbocycles. The minimum absolute atomic E-state index is 0.799. The van der Waals surface area contributed by atoms with Crippen LogP contribution in [-0.2, 0) is 0 Å². The molecule has 1 aliphatic rings. The summed E-state index contributed by atoms with van der Waals surface area (Å²) in [5, 5.41) is 9.64. The summed E-state index contributed by atoms with van der Waals surface area (Å²) in [5.74, 6) is 1.62. The molecule has 0 spiro atoms. The van der Waals surface area contributed by atoms with Crippen LogP contribution in [0.5, 0.6) is 0 Å². The number of nitrogens with zero attached hydrogens (tertiary/aromatic N) is 6. The van der Waals surface area contributed by atoms with Gasteiger partial charge in [-0.15, -0.1) is 11.3 Å². The van der Waals surface area contributed by atoms with Gasteiger partial charge in [-0.3, -0.25) is 9.47 Å². The van der Waals surface area contributed by atoms with Gasteiger partial charge in [0.1, 0.15) is 11.4 Å². The van der Waals surface area contributed by atoms with Crippen LogP contribution in [0.25, 0.3) is 114 Å². The molecule has 0 amide bonds. The van der Waals surface area contributed by atoms with Crippen molar-refractivity contribution < 1.29 is 0 Å². The van der Waals surface area contributed by atoms with Crippen LogP contribution in [0, 0.1) is 41.5 Å². The second kappa shape index (κ2) is 18.1. The lowest BCUT2D eigenvalue weighted by molar-refractivity contribution is 0.992. The summed E-state index contributed by atoms with van der Waals surface area (Å²) in [6, 6.07) is 86.6. The van der Waals surface area contributed by atoms with Gasteiger partial charge in [-0.1, -0.05) is 137 Å². The second-order valence-corrected chi connectivity index (χ2v) is 24.3. The van der Waals surface area contributed by atoms with E-state index < -0.39 is 0 Å². The van der Waals surface area contributed by atoms with Crippen LogP contribution in [0.4, 0.5) is 34.3 Å². The number of anilines is 6. The van der Waals surface area contributed by atoms with Gasteiger partial charge in [-0.2, -0.15) is 0 Å². The zero-order valence-electron chi connectivity index (χ0n) is 47.5. The van der Waals surface area contributed by atoms with Crippen LogP contribution in [0.2, 0.25) is 0 Å². The number of hydrogen-bond donors (Lipinski definition) is 0. The van der Waals surface area contributed by atoms with E-state index >= 15 is 0 Å². The van der Waals surface area contributed by atoms with Crippen LogP contribution >= 0.6 is 11.3 Å². The maximum Gasteiger partial charge on any atom is 0.165 e. The van der Waals surface area contributed by atoms with Crippen molar-refractivity contribution in [2.75, 3.05) is 9.80 Å². The summed E-state index contributed by atoms with van der Waals surface area (Å²) in [6.45, 7) is 13.3. The Morgan fingerprint density at radius 3 is 1.11 bits per heavy atom. The molecule has 16 aromatic rings. The van der Waals surface area contributed by atoms with Crippen LogP contribution in [-0.4, -0.2) is 18.7 Å². The van der Waals surface area contributed by atoms with Gasteiger partial charge in [0.05, 0.1) is 55.8 Å². The van der Waals surface area contributed by atoms with Crippen molar-refractivity contribution in [2.45, 2.75) is 41.5 Å². The number of aryl methyl sites for hydroxylation is 6. The molecule has 7 heteroatoms. The smallest absolute Gasteiger partial charge is 0.165 e. The van der Waals surface area contributed by atoms with Crippen molar-refractivity contribution in [2.24, 2.45) is 0 Å². The molecule has 1 aliphatic heterocycles. The first-order valence-electron chi connectivity index (χ1n) is 29.0. The molecule has 0 N–H and O–H groups in total. The molecule has 17 rings (SSSR count). The molecule has 6 heterocycles. The molecule has 0 saturated heterocycles. The van der Waals surface area contributed by atoms with E-state index in [0.717, 1.165) is 95.7 Å². The maximum atomic E-state index is 6.61. The molecule has 0 atom stereocenters. The molecule has 0 aliphatic carbocycles. The van der Waals surface area contributed by atoms with Crippen LogP contribution in [0.15, 0.2) is 231 Å². The summed E-state index contributed by atoms with van der Waals surface area (Å²) in [7, 11) is 0. The lowest BCUT2D eigenvalue weighted by atomic mass is 9.97. The van der Waals surface area contributed by atoms with Gasteiger partial charge in [0.15, 0.2) is 11.6 Å². The van der Waals surface area contributed by atoms with E-state index in [4.69, 9.17) is 4.98 Å². The average molecular weight is 1100 g/mol. The Bertz CT molecular complexity index is 5250. The number of pyridine rings is 1. The molecule has 0 bridgehead atoms. The van der Waals surface area contributed by atoms with E-state index in [2.05, 4.69) is 296 Å². The topological polar surface area (TPSA) is 34.2 Å². The Morgan fingerprint density at radius 1 is 0.286 bits per heavy atom. The van der Waals surface area contributed by atoms with Crippen molar-refractivity contribution in [3.05, 3.63) is 264 Å². The van der Waals surface area contributed by atoms with Crippen molar-refractivity contribution >= 4 is 131 Å². The Balaban J connectivity index is 1.17. The van der Waals surface area contributed by atoms with Crippen molar-refractivity contribution in [3.8, 4) is 28.3 Å². The third kappa shape index (κ3) is 7.06. The first-order chi connectivity index (χ1) is 41.1. The number of rotatable bonds is 6. The zero-order valence-corrected chi connectivity index (χ0v) is 48.3. The molecule has 400 valence electrons. The first kappa shape index (κ1) is 48.5. The molecular formula is C77H56N6S. The van der Waals surface area contributed by atoms with Crippen molar-refractivity contribution in [1.82, 2.24) is 18.7 Å². The Hall–Kier alpha value is -10.2. The van der Waals surface area contributed by atoms with Gasteiger partial charge < -0.3 is 14.0 Å². The minimum atomic E-state index is 0.799. The quantitative estimate of drug-likeness (QED) is 0.166. The summed E-state index contributed by atoms with van der Waals surface area (Å²) in [4.78, 5) is 11.5. The fraction of sp³-hybridized carbons (Fsp3) is 0.0779. The fourth-order valence-corrected chi connectivity index (χ4v) is 15.0. The molecule has 0 fully saturated rings. The molecule has 5 aromatic heterocycles. The summed E-state index contributed by atoms with van der Waals surface area (Å²) in [5.41, 5.74) is 23.2. The maximum absolute atomic E-state index is 6.61. The van der Waals surface area contributed by atoms with Gasteiger partial charge in [-0.05, 0) is 174 Å². The fourth-order valence-electron chi connectivity index (χ4n) is 13.9. The van der Waals surface area contributed by atoms with Gasteiger partial charge in [0.2, 0.25) is 0 Å². The number of thiophene rings is 1. The number of para-hydroxylation sites is 5. The van der Waals surface area contributed by atoms with Crippen LogP contribution in [0.3, 0.4) is 0 Å². The van der Waals surface area contributed by atoms with Gasteiger partial charge in [0, 0.05) is 63.7 Å². The summed E-state index contributed by atoms with van der Waals surface area (Å²) >= 11 is 1.86. The van der Waals surface area contributed by atoms with Crippen LogP contribution < -0.4 is 9.80 Å². The lowest BCUT2D eigenvalue weighted by Gasteiger charge is -2.41. The monoisotopic (exact) mass is 1100 g/mol. The molecule has 6 nitrogen and oxygen atoms in total.